The minimum Gasteiger partial charge on any atom is -0.493 e. The van der Waals surface area contributed by atoms with Gasteiger partial charge in [-0.15, -0.1) is 10.2 Å². The first-order valence-corrected chi connectivity index (χ1v) is 7.76. The maximum absolute atomic E-state index is 12.1. The molecule has 1 amide bonds. The minimum atomic E-state index is -0.215. The van der Waals surface area contributed by atoms with E-state index in [0.717, 1.165) is 23.4 Å². The van der Waals surface area contributed by atoms with Gasteiger partial charge >= 0.3 is 0 Å². The van der Waals surface area contributed by atoms with Crippen LogP contribution < -0.4 is 10.1 Å². The number of amides is 1. The summed E-state index contributed by atoms with van der Waals surface area (Å²) < 4.78 is 7.42. The van der Waals surface area contributed by atoms with Crippen LogP contribution in [0.2, 0.25) is 0 Å². The van der Waals surface area contributed by atoms with Crippen molar-refractivity contribution < 1.29 is 9.53 Å². The van der Waals surface area contributed by atoms with Gasteiger partial charge in [0.2, 0.25) is 5.91 Å². The lowest BCUT2D eigenvalue weighted by Gasteiger charge is -2.07. The molecular formula is C18H18N4O2. The molecule has 0 saturated carbocycles. The Morgan fingerprint density at radius 1 is 1.29 bits per heavy atom. The maximum atomic E-state index is 12.1. The van der Waals surface area contributed by atoms with Crippen molar-refractivity contribution in [2.24, 2.45) is 0 Å². The van der Waals surface area contributed by atoms with Gasteiger partial charge in [-0.3, -0.25) is 9.20 Å². The van der Waals surface area contributed by atoms with Crippen molar-refractivity contribution in [2.45, 2.75) is 13.3 Å². The predicted molar refractivity (Wildman–Crippen MR) is 92.9 cm³/mol. The minimum absolute atomic E-state index is 0.215. The van der Waals surface area contributed by atoms with Gasteiger partial charge in [0.1, 0.15) is 12.1 Å². The second-order valence-electron chi connectivity index (χ2n) is 5.22. The van der Waals surface area contributed by atoms with Crippen molar-refractivity contribution in [3.63, 3.8) is 0 Å². The second-order valence-corrected chi connectivity index (χ2v) is 5.22. The lowest BCUT2D eigenvalue weighted by atomic mass is 10.2. The Kier molecular flexibility index (Phi) is 4.86. The molecule has 0 aliphatic carbocycles. The van der Waals surface area contributed by atoms with E-state index in [2.05, 4.69) is 22.4 Å². The summed E-state index contributed by atoms with van der Waals surface area (Å²) in [4.78, 5) is 12.1. The molecule has 2 heterocycles. The van der Waals surface area contributed by atoms with Gasteiger partial charge in [-0.1, -0.05) is 25.1 Å². The number of ether oxygens (including phenoxy) is 1. The third-order valence-electron chi connectivity index (χ3n) is 3.35. The van der Waals surface area contributed by atoms with Crippen molar-refractivity contribution in [1.29, 1.82) is 0 Å². The molecule has 0 fully saturated rings. The maximum Gasteiger partial charge on any atom is 0.248 e. The summed E-state index contributed by atoms with van der Waals surface area (Å²) in [5.74, 6) is 0.557. The van der Waals surface area contributed by atoms with E-state index >= 15 is 0 Å². The van der Waals surface area contributed by atoms with E-state index in [1.54, 1.807) is 35.1 Å². The van der Waals surface area contributed by atoms with E-state index in [-0.39, 0.29) is 5.91 Å². The Balaban J connectivity index is 1.69. The fraction of sp³-hybridized carbons (Fsp3) is 0.167. The monoisotopic (exact) mass is 322 g/mol. The number of fused-ring (bicyclic) bond motifs is 1. The molecule has 1 aromatic carbocycles. The highest BCUT2D eigenvalue weighted by molar-refractivity contribution is 6.02. The predicted octanol–water partition coefficient (Wildman–Crippen LogP) is 3.17. The molecule has 0 aliphatic heterocycles. The zero-order chi connectivity index (χ0) is 16.8. The molecule has 0 atom stereocenters. The van der Waals surface area contributed by atoms with Gasteiger partial charge in [0, 0.05) is 17.8 Å². The molecule has 24 heavy (non-hydrogen) atoms. The number of nitrogens with one attached hydrogen (secondary N) is 1. The number of hydrogen-bond acceptors (Lipinski definition) is 4. The number of aromatic nitrogens is 3. The van der Waals surface area contributed by atoms with Gasteiger partial charge in [0.05, 0.1) is 12.3 Å². The fourth-order valence-electron chi connectivity index (χ4n) is 2.21. The van der Waals surface area contributed by atoms with Crippen molar-refractivity contribution >= 4 is 23.3 Å². The zero-order valence-corrected chi connectivity index (χ0v) is 13.3. The topological polar surface area (TPSA) is 68.5 Å². The summed E-state index contributed by atoms with van der Waals surface area (Å²) in [5, 5.41) is 10.5. The number of rotatable bonds is 6. The Hall–Kier alpha value is -3.15. The molecule has 6 nitrogen and oxygen atoms in total. The van der Waals surface area contributed by atoms with Crippen LogP contribution in [0.3, 0.4) is 0 Å². The first kappa shape index (κ1) is 15.7. The summed E-state index contributed by atoms with van der Waals surface area (Å²) >= 11 is 0. The molecule has 0 aliphatic rings. The number of carbonyl (C=O) groups excluding carboxylic acids is 1. The quantitative estimate of drug-likeness (QED) is 0.708. The van der Waals surface area contributed by atoms with Gasteiger partial charge in [0.15, 0.2) is 5.65 Å². The van der Waals surface area contributed by atoms with E-state index in [1.165, 1.54) is 6.08 Å². The summed E-state index contributed by atoms with van der Waals surface area (Å²) in [7, 11) is 0. The van der Waals surface area contributed by atoms with Gasteiger partial charge in [-0.2, -0.15) is 0 Å². The zero-order valence-electron chi connectivity index (χ0n) is 13.3. The summed E-state index contributed by atoms with van der Waals surface area (Å²) in [6.45, 7) is 2.70. The number of carbonyl (C=O) groups is 1. The fourth-order valence-corrected chi connectivity index (χ4v) is 2.21. The molecule has 0 saturated heterocycles. The van der Waals surface area contributed by atoms with Crippen LogP contribution in [-0.4, -0.2) is 27.1 Å². The van der Waals surface area contributed by atoms with Crippen LogP contribution in [0.15, 0.2) is 55.0 Å². The molecule has 2 aromatic heterocycles. The number of benzene rings is 1. The molecule has 122 valence electrons. The van der Waals surface area contributed by atoms with Crippen molar-refractivity contribution in [1.82, 2.24) is 14.6 Å². The van der Waals surface area contributed by atoms with Crippen LogP contribution in [0.1, 0.15) is 18.9 Å². The van der Waals surface area contributed by atoms with E-state index in [4.69, 9.17) is 4.74 Å². The highest BCUT2D eigenvalue weighted by atomic mass is 16.5. The SMILES string of the molecule is CCCOc1ccccc1/C=C/C(=O)Nc1ccc2nncn2c1. The molecular weight excluding hydrogens is 304 g/mol. The normalized spacial score (nSPS) is 11.0. The Morgan fingerprint density at radius 2 is 2.17 bits per heavy atom. The molecule has 0 bridgehead atoms. The smallest absolute Gasteiger partial charge is 0.248 e. The molecule has 1 N–H and O–H groups in total. The Morgan fingerprint density at radius 3 is 3.04 bits per heavy atom. The highest BCUT2D eigenvalue weighted by Gasteiger charge is 2.03. The third kappa shape index (κ3) is 3.78. The largest absolute Gasteiger partial charge is 0.493 e. The van der Waals surface area contributed by atoms with Crippen molar-refractivity contribution in [3.8, 4) is 5.75 Å². The van der Waals surface area contributed by atoms with E-state index in [9.17, 15) is 4.79 Å². The van der Waals surface area contributed by atoms with Gasteiger partial charge in [-0.25, -0.2) is 0 Å². The number of nitrogens with zero attached hydrogens (tertiary/aromatic N) is 3. The second kappa shape index (κ2) is 7.41. The molecule has 0 unspecified atom stereocenters. The summed E-state index contributed by atoms with van der Waals surface area (Å²) in [6, 6.07) is 11.2. The summed E-state index contributed by atoms with van der Waals surface area (Å²) in [5.41, 5.74) is 2.27. The Bertz CT molecular complexity index is 870. The molecule has 6 heteroatoms. The third-order valence-corrected chi connectivity index (χ3v) is 3.35. The Labute approximate surface area is 139 Å². The van der Waals surface area contributed by atoms with E-state index in [1.807, 2.05) is 24.3 Å². The van der Waals surface area contributed by atoms with Crippen LogP contribution in [0.25, 0.3) is 11.7 Å². The van der Waals surface area contributed by atoms with Crippen LogP contribution in [0.5, 0.6) is 5.75 Å². The molecule has 3 aromatic rings. The van der Waals surface area contributed by atoms with Crippen LogP contribution in [-0.2, 0) is 4.79 Å². The van der Waals surface area contributed by atoms with Crippen LogP contribution >= 0.6 is 0 Å². The van der Waals surface area contributed by atoms with Crippen molar-refractivity contribution in [2.75, 3.05) is 11.9 Å². The molecule has 0 spiro atoms. The number of anilines is 1. The first-order chi connectivity index (χ1) is 11.8. The molecule has 0 radical (unpaired) electrons. The number of hydrogen-bond donors (Lipinski definition) is 1. The average Bonchev–Trinajstić information content (AvgIpc) is 3.06. The van der Waals surface area contributed by atoms with Crippen molar-refractivity contribution in [3.05, 3.63) is 60.6 Å². The lowest BCUT2D eigenvalue weighted by Crippen LogP contribution is -2.08. The standard InChI is InChI=1S/C18H18N4O2/c1-2-11-24-16-6-4-3-5-14(16)7-10-18(23)20-15-8-9-17-21-19-13-22(17)12-15/h3-10,12-13H,2,11H2,1H3,(H,20,23)/b10-7+. The van der Waals surface area contributed by atoms with Crippen LogP contribution in [0.4, 0.5) is 5.69 Å². The van der Waals surface area contributed by atoms with Gasteiger partial charge < -0.3 is 10.1 Å². The van der Waals surface area contributed by atoms with Gasteiger partial charge in [-0.05, 0) is 30.7 Å². The average molecular weight is 322 g/mol. The lowest BCUT2D eigenvalue weighted by molar-refractivity contribution is -0.111. The first-order valence-electron chi connectivity index (χ1n) is 7.76. The number of pyridine rings is 1. The highest BCUT2D eigenvalue weighted by Crippen LogP contribution is 2.19. The van der Waals surface area contributed by atoms with E-state index in [0.29, 0.717) is 12.3 Å². The van der Waals surface area contributed by atoms with E-state index < -0.39 is 0 Å². The van der Waals surface area contributed by atoms with Gasteiger partial charge in [0.25, 0.3) is 0 Å². The van der Waals surface area contributed by atoms with Crippen LogP contribution in [0, 0.1) is 0 Å². The number of para-hydroxylation sites is 1. The summed E-state index contributed by atoms with van der Waals surface area (Å²) in [6.07, 6.45) is 7.52. The molecule has 3 rings (SSSR count).